The average Bonchev–Trinajstić information content (AvgIpc) is 3.35. The van der Waals surface area contributed by atoms with Gasteiger partial charge in [0.1, 0.15) is 13.2 Å². The van der Waals surface area contributed by atoms with E-state index < -0.39 is 6.10 Å². The van der Waals surface area contributed by atoms with Gasteiger partial charge in [0.05, 0.1) is 0 Å². The molecule has 0 saturated heterocycles. The Labute approximate surface area is 426 Å². The summed E-state index contributed by atoms with van der Waals surface area (Å²) >= 11 is 0. The van der Waals surface area contributed by atoms with Gasteiger partial charge in [0.25, 0.3) is 0 Å². The topological polar surface area (TPSA) is 78.9 Å². The second-order valence-corrected chi connectivity index (χ2v) is 19.2. The number of esters is 3. The van der Waals surface area contributed by atoms with Crippen LogP contribution in [0.25, 0.3) is 0 Å². The van der Waals surface area contributed by atoms with Crippen molar-refractivity contribution >= 4 is 17.9 Å². The molecule has 69 heavy (non-hydrogen) atoms. The molecule has 0 fully saturated rings. The molecule has 0 radical (unpaired) electrons. The SMILES string of the molecule is CC/C=C\C/C=C\C/C=C\C/C=C\C/C=C\C/C=C\CCC(=O)OC[C@@H](COC(=O)CCCCCCCCCCCCCCC)OC(=O)CCCCCCCCC/C=C\CCCCCCCCCC. The Morgan fingerprint density at radius 1 is 0.304 bits per heavy atom. The second kappa shape index (κ2) is 57.2. The van der Waals surface area contributed by atoms with Crippen molar-refractivity contribution in [2.75, 3.05) is 13.2 Å². The number of carbonyl (C=O) groups excluding carboxylic acids is 3. The Balaban J connectivity index is 4.47. The van der Waals surface area contributed by atoms with Crippen molar-refractivity contribution in [3.63, 3.8) is 0 Å². The van der Waals surface area contributed by atoms with Crippen molar-refractivity contribution in [3.05, 3.63) is 85.1 Å². The maximum absolute atomic E-state index is 12.9. The van der Waals surface area contributed by atoms with E-state index in [2.05, 4.69) is 99.8 Å². The molecule has 0 saturated carbocycles. The zero-order valence-corrected chi connectivity index (χ0v) is 45.3. The quantitative estimate of drug-likeness (QED) is 0.0262. The van der Waals surface area contributed by atoms with Gasteiger partial charge in [-0.05, 0) is 83.5 Å². The van der Waals surface area contributed by atoms with Crippen LogP contribution in [0.2, 0.25) is 0 Å². The van der Waals surface area contributed by atoms with Gasteiger partial charge in [0, 0.05) is 19.3 Å². The monoisotopic (exact) mass is 961 g/mol. The van der Waals surface area contributed by atoms with E-state index >= 15 is 0 Å². The maximum Gasteiger partial charge on any atom is 0.306 e. The predicted molar refractivity (Wildman–Crippen MR) is 297 cm³/mol. The largest absolute Gasteiger partial charge is 0.462 e. The van der Waals surface area contributed by atoms with Crippen LogP contribution < -0.4 is 0 Å². The van der Waals surface area contributed by atoms with Crippen molar-refractivity contribution in [3.8, 4) is 0 Å². The first-order valence-electron chi connectivity index (χ1n) is 29.1. The standard InChI is InChI=1S/C63H108O6/c1-4-7-10-13-16-19-22-25-27-29-31-33-35-38-41-44-47-50-53-56-62(65)68-59-60(58-67-61(64)55-52-49-46-43-40-37-24-21-18-15-12-9-6-3)69-63(66)57-54-51-48-45-42-39-36-34-32-30-28-26-23-20-17-14-11-8-5-2/h7,10,16,19,25,27,30-33,38,41,47,50,60H,4-6,8-9,11-15,17-18,20-24,26,28-29,34-37,39-40,42-46,48-49,51-59H2,1-3H3/b10-7-,19-16-,27-25-,32-30-,33-31-,41-38-,50-47-/t60-/m1/s1. The molecule has 0 spiro atoms. The molecule has 0 aromatic heterocycles. The van der Waals surface area contributed by atoms with Crippen LogP contribution in [0.1, 0.15) is 278 Å². The van der Waals surface area contributed by atoms with Crippen LogP contribution in [0.4, 0.5) is 0 Å². The Hall–Kier alpha value is -3.41. The van der Waals surface area contributed by atoms with Crippen LogP contribution in [0.3, 0.4) is 0 Å². The van der Waals surface area contributed by atoms with Crippen molar-refractivity contribution in [2.24, 2.45) is 0 Å². The van der Waals surface area contributed by atoms with E-state index in [1.165, 1.54) is 154 Å². The van der Waals surface area contributed by atoms with Crippen molar-refractivity contribution < 1.29 is 28.6 Å². The molecule has 0 unspecified atom stereocenters. The van der Waals surface area contributed by atoms with Crippen molar-refractivity contribution in [1.82, 2.24) is 0 Å². The summed E-state index contributed by atoms with van der Waals surface area (Å²) in [6.07, 6.45) is 74.4. The highest BCUT2D eigenvalue weighted by Gasteiger charge is 2.19. The molecular weight excluding hydrogens is 853 g/mol. The van der Waals surface area contributed by atoms with Crippen LogP contribution in [-0.4, -0.2) is 37.2 Å². The smallest absolute Gasteiger partial charge is 0.306 e. The summed E-state index contributed by atoms with van der Waals surface area (Å²) in [4.78, 5) is 38.1. The van der Waals surface area contributed by atoms with Gasteiger partial charge >= 0.3 is 17.9 Å². The van der Waals surface area contributed by atoms with E-state index in [1.54, 1.807) is 0 Å². The first-order valence-corrected chi connectivity index (χ1v) is 29.1. The number of carbonyl (C=O) groups is 3. The van der Waals surface area contributed by atoms with Gasteiger partial charge in [-0.25, -0.2) is 0 Å². The Kier molecular flexibility index (Phi) is 54.3. The highest BCUT2D eigenvalue weighted by Crippen LogP contribution is 2.15. The molecule has 6 heteroatoms. The average molecular weight is 962 g/mol. The summed E-state index contributed by atoms with van der Waals surface area (Å²) in [5.41, 5.74) is 0. The van der Waals surface area contributed by atoms with E-state index in [4.69, 9.17) is 14.2 Å². The Morgan fingerprint density at radius 3 is 0.971 bits per heavy atom. The molecule has 0 rings (SSSR count). The van der Waals surface area contributed by atoms with E-state index in [0.717, 1.165) is 77.0 Å². The Bertz CT molecular complexity index is 1330. The summed E-state index contributed by atoms with van der Waals surface area (Å²) in [7, 11) is 0. The van der Waals surface area contributed by atoms with Gasteiger partial charge in [0.2, 0.25) is 0 Å². The minimum absolute atomic E-state index is 0.0994. The van der Waals surface area contributed by atoms with Gasteiger partial charge in [-0.15, -0.1) is 0 Å². The van der Waals surface area contributed by atoms with Crippen LogP contribution in [0.5, 0.6) is 0 Å². The van der Waals surface area contributed by atoms with Crippen LogP contribution in [0, 0.1) is 0 Å². The molecule has 0 N–H and O–H groups in total. The van der Waals surface area contributed by atoms with E-state index in [-0.39, 0.29) is 37.5 Å². The third kappa shape index (κ3) is 55.4. The van der Waals surface area contributed by atoms with Gasteiger partial charge in [-0.2, -0.15) is 0 Å². The fourth-order valence-electron chi connectivity index (χ4n) is 8.05. The van der Waals surface area contributed by atoms with Gasteiger partial charge < -0.3 is 14.2 Å². The zero-order valence-electron chi connectivity index (χ0n) is 45.3. The Morgan fingerprint density at radius 2 is 0.594 bits per heavy atom. The zero-order chi connectivity index (χ0) is 50.0. The molecule has 0 bridgehead atoms. The summed E-state index contributed by atoms with van der Waals surface area (Å²) in [5, 5.41) is 0. The summed E-state index contributed by atoms with van der Waals surface area (Å²) in [5.74, 6) is -0.984. The van der Waals surface area contributed by atoms with E-state index in [1.807, 2.05) is 6.08 Å². The summed E-state index contributed by atoms with van der Waals surface area (Å²) in [6, 6.07) is 0. The molecular formula is C63H108O6. The number of ether oxygens (including phenoxy) is 3. The maximum atomic E-state index is 12.9. The fourth-order valence-corrected chi connectivity index (χ4v) is 8.05. The number of rotatable bonds is 52. The number of hydrogen-bond acceptors (Lipinski definition) is 6. The highest BCUT2D eigenvalue weighted by molar-refractivity contribution is 5.71. The van der Waals surface area contributed by atoms with E-state index in [9.17, 15) is 14.4 Å². The van der Waals surface area contributed by atoms with Crippen molar-refractivity contribution in [2.45, 2.75) is 284 Å². The van der Waals surface area contributed by atoms with Crippen molar-refractivity contribution in [1.29, 1.82) is 0 Å². The van der Waals surface area contributed by atoms with E-state index in [0.29, 0.717) is 19.3 Å². The lowest BCUT2D eigenvalue weighted by molar-refractivity contribution is -0.166. The van der Waals surface area contributed by atoms with Crippen LogP contribution >= 0.6 is 0 Å². The number of unbranched alkanes of at least 4 members (excludes halogenated alkanes) is 27. The molecule has 1 atom stereocenters. The molecule has 0 aromatic rings. The lowest BCUT2D eigenvalue weighted by atomic mass is 10.0. The molecule has 0 aliphatic carbocycles. The normalized spacial score (nSPS) is 12.7. The lowest BCUT2D eigenvalue weighted by Gasteiger charge is -2.18. The number of allylic oxidation sites excluding steroid dienone is 14. The molecule has 6 nitrogen and oxygen atoms in total. The fraction of sp³-hybridized carbons (Fsp3) is 0.730. The summed E-state index contributed by atoms with van der Waals surface area (Å²) in [6.45, 7) is 6.47. The predicted octanol–water partition coefficient (Wildman–Crippen LogP) is 19.5. The molecule has 0 heterocycles. The highest BCUT2D eigenvalue weighted by atomic mass is 16.6. The first-order chi connectivity index (χ1) is 34.0. The van der Waals surface area contributed by atoms with Gasteiger partial charge in [-0.3, -0.25) is 14.4 Å². The molecule has 0 aromatic carbocycles. The van der Waals surface area contributed by atoms with Crippen LogP contribution in [0.15, 0.2) is 85.1 Å². The summed E-state index contributed by atoms with van der Waals surface area (Å²) < 4.78 is 16.8. The van der Waals surface area contributed by atoms with Gasteiger partial charge in [-0.1, -0.05) is 260 Å². The van der Waals surface area contributed by atoms with Crippen LogP contribution in [-0.2, 0) is 28.6 Å². The minimum Gasteiger partial charge on any atom is -0.462 e. The molecule has 0 aliphatic heterocycles. The minimum atomic E-state index is -0.808. The molecule has 0 amide bonds. The molecule has 396 valence electrons. The lowest BCUT2D eigenvalue weighted by Crippen LogP contribution is -2.30. The third-order valence-electron chi connectivity index (χ3n) is 12.4. The second-order valence-electron chi connectivity index (χ2n) is 19.2. The third-order valence-corrected chi connectivity index (χ3v) is 12.4. The van der Waals surface area contributed by atoms with Gasteiger partial charge in [0.15, 0.2) is 6.10 Å². The molecule has 0 aliphatic rings. The number of hydrogen-bond donors (Lipinski definition) is 0. The first kappa shape index (κ1) is 65.6.